The SMILES string of the molecule is CCN1C[C@]2(C)C=C[C@H](OC)[C@@]34[C@H]1[C@@]1(OCO[C@@]15C[C@@H](OC)[C@H]1C[C@]3(O)[C@@H]5[C@H]1OC)[C@@H](OC(C)=O)[C@@H]42. The lowest BCUT2D eigenvalue weighted by Crippen LogP contribution is -2.85. The van der Waals surface area contributed by atoms with Crippen molar-refractivity contribution in [3.8, 4) is 0 Å². The molecular weight excluding hydrogens is 466 g/mol. The Hall–Kier alpha value is -1.07. The molecule has 4 saturated carbocycles. The lowest BCUT2D eigenvalue weighted by molar-refractivity contribution is -0.317. The van der Waals surface area contributed by atoms with Crippen LogP contribution in [0.25, 0.3) is 0 Å². The first-order valence-electron chi connectivity index (χ1n) is 13.4. The smallest absolute Gasteiger partial charge is 0.303 e. The molecule has 0 aromatic heterocycles. The number of piperidine rings is 1. The lowest BCUT2D eigenvalue weighted by Gasteiger charge is -2.70. The van der Waals surface area contributed by atoms with Crippen molar-refractivity contribution in [1.82, 2.24) is 4.90 Å². The van der Waals surface area contributed by atoms with Crippen molar-refractivity contribution in [1.29, 1.82) is 0 Å². The summed E-state index contributed by atoms with van der Waals surface area (Å²) >= 11 is 0. The number of carbonyl (C=O) groups excluding carboxylic acids is 1. The zero-order valence-corrected chi connectivity index (χ0v) is 22.1. The third-order valence-electron chi connectivity index (χ3n) is 11.7. The van der Waals surface area contributed by atoms with Gasteiger partial charge in [0.25, 0.3) is 0 Å². The average Bonchev–Trinajstić information content (AvgIpc) is 3.40. The predicted molar refractivity (Wildman–Crippen MR) is 126 cm³/mol. The number of likely N-dealkylation sites (tertiary alicyclic amines) is 1. The summed E-state index contributed by atoms with van der Waals surface area (Å²) in [5.74, 6) is -0.940. The summed E-state index contributed by atoms with van der Waals surface area (Å²) in [6.07, 6.45) is 3.95. The summed E-state index contributed by atoms with van der Waals surface area (Å²) in [7, 11) is 5.15. The quantitative estimate of drug-likeness (QED) is 0.436. The third kappa shape index (κ3) is 2.12. The van der Waals surface area contributed by atoms with Crippen LogP contribution in [0.5, 0.6) is 0 Å². The van der Waals surface area contributed by atoms with E-state index < -0.39 is 34.4 Å². The van der Waals surface area contributed by atoms with E-state index in [9.17, 15) is 9.90 Å². The molecule has 0 aromatic carbocycles. The molecule has 6 fully saturated rings. The van der Waals surface area contributed by atoms with Crippen LogP contribution in [-0.2, 0) is 33.2 Å². The molecule has 7 rings (SSSR count). The van der Waals surface area contributed by atoms with Gasteiger partial charge in [-0.15, -0.1) is 0 Å². The summed E-state index contributed by atoms with van der Waals surface area (Å²) in [6, 6.07) is -0.275. The van der Waals surface area contributed by atoms with Crippen molar-refractivity contribution < 1.29 is 38.3 Å². The maximum atomic E-state index is 13.4. The van der Waals surface area contributed by atoms with Crippen LogP contribution < -0.4 is 0 Å². The molecule has 1 N–H and O–H groups in total. The van der Waals surface area contributed by atoms with Crippen LogP contribution in [-0.4, -0.2) is 104 Å². The Kier molecular flexibility index (Phi) is 4.74. The van der Waals surface area contributed by atoms with E-state index in [1.807, 2.05) is 0 Å². The summed E-state index contributed by atoms with van der Waals surface area (Å²) in [4.78, 5) is 15.2. The van der Waals surface area contributed by atoms with Crippen LogP contribution >= 0.6 is 0 Å². The van der Waals surface area contributed by atoms with Gasteiger partial charge < -0.3 is 33.5 Å². The average molecular weight is 506 g/mol. The molecule has 7 aliphatic rings. The van der Waals surface area contributed by atoms with Crippen molar-refractivity contribution in [2.45, 2.75) is 80.9 Å². The van der Waals surface area contributed by atoms with Crippen molar-refractivity contribution >= 4 is 5.97 Å². The fourth-order valence-corrected chi connectivity index (χ4v) is 11.2. The molecular formula is C27H39NO8. The van der Waals surface area contributed by atoms with Gasteiger partial charge in [-0.3, -0.25) is 9.69 Å². The second-order valence-corrected chi connectivity index (χ2v) is 12.5. The standard InChI is InChI=1S/C27H39NO8/c1-7-28-12-23(3)9-8-17(32-5)26-20(23)21(36-14(2)29)27(22(26)28)25(34-13-35-27)11-16(31-4)15-10-24(26,30)19(25)18(15)33-6/h8-9,15-22,30H,7,10-13H2,1-6H3/t15-,16-,17+,18+,19+,20-,21+,22+,23+,24+,25-,26-,27+/m1/s1. The number of likely N-dealkylation sites (N-methyl/N-ethyl adjacent to an activating group) is 1. The van der Waals surface area contributed by atoms with Crippen molar-refractivity contribution in [3.05, 3.63) is 12.2 Å². The van der Waals surface area contributed by atoms with E-state index in [-0.39, 0.29) is 54.2 Å². The maximum absolute atomic E-state index is 13.4. The van der Waals surface area contributed by atoms with Gasteiger partial charge in [0, 0.05) is 64.4 Å². The van der Waals surface area contributed by atoms with Crippen LogP contribution in [0.4, 0.5) is 0 Å². The Labute approximate surface area is 212 Å². The van der Waals surface area contributed by atoms with E-state index in [0.717, 1.165) is 13.1 Å². The number of ether oxygens (including phenoxy) is 6. The van der Waals surface area contributed by atoms with Crippen LogP contribution in [0, 0.1) is 28.6 Å². The molecule has 2 saturated heterocycles. The highest BCUT2D eigenvalue weighted by atomic mass is 16.7. The first-order valence-corrected chi connectivity index (χ1v) is 13.4. The van der Waals surface area contributed by atoms with Gasteiger partial charge in [-0.05, 0) is 13.0 Å². The van der Waals surface area contributed by atoms with Gasteiger partial charge in [0.1, 0.15) is 18.5 Å². The minimum atomic E-state index is -1.21. The summed E-state index contributed by atoms with van der Waals surface area (Å²) in [5.41, 5.74) is -4.32. The van der Waals surface area contributed by atoms with Crippen LogP contribution in [0.1, 0.15) is 33.6 Å². The van der Waals surface area contributed by atoms with Gasteiger partial charge in [-0.2, -0.15) is 0 Å². The number of fused-ring (bicyclic) bond motifs is 1. The fourth-order valence-electron chi connectivity index (χ4n) is 11.2. The normalized spacial score (nSPS) is 59.8. The molecule has 2 aliphatic heterocycles. The molecule has 3 spiro atoms. The van der Waals surface area contributed by atoms with Gasteiger partial charge in [-0.25, -0.2) is 0 Å². The van der Waals surface area contributed by atoms with Gasteiger partial charge in [-0.1, -0.05) is 26.0 Å². The molecule has 0 amide bonds. The predicted octanol–water partition coefficient (Wildman–Crippen LogP) is 1.13. The van der Waals surface area contributed by atoms with Gasteiger partial charge >= 0.3 is 5.97 Å². The van der Waals surface area contributed by atoms with Crippen LogP contribution in [0.2, 0.25) is 0 Å². The Morgan fingerprint density at radius 2 is 1.92 bits per heavy atom. The summed E-state index contributed by atoms with van der Waals surface area (Å²) in [6.45, 7) is 7.45. The number of nitrogens with zero attached hydrogens (tertiary/aromatic N) is 1. The second-order valence-electron chi connectivity index (χ2n) is 12.5. The molecule has 0 radical (unpaired) electrons. The van der Waals surface area contributed by atoms with E-state index in [1.165, 1.54) is 6.92 Å². The number of hydrogen-bond donors (Lipinski definition) is 1. The minimum absolute atomic E-state index is 0.00764. The molecule has 9 heteroatoms. The summed E-state index contributed by atoms with van der Waals surface area (Å²) < 4.78 is 38.5. The van der Waals surface area contributed by atoms with Crippen molar-refractivity contribution in [2.24, 2.45) is 28.6 Å². The molecule has 0 aromatic rings. The highest BCUT2D eigenvalue weighted by Gasteiger charge is 2.97. The fraction of sp³-hybridized carbons (Fsp3) is 0.889. The molecule has 7 bridgehead atoms. The molecule has 2 heterocycles. The zero-order chi connectivity index (χ0) is 25.5. The number of carbonyl (C=O) groups is 1. The highest BCUT2D eigenvalue weighted by Crippen LogP contribution is 2.83. The first-order chi connectivity index (χ1) is 17.2. The minimum Gasteiger partial charge on any atom is -0.459 e. The van der Waals surface area contributed by atoms with Gasteiger partial charge in [0.2, 0.25) is 0 Å². The molecule has 13 atom stereocenters. The Balaban J connectivity index is 1.62. The third-order valence-corrected chi connectivity index (χ3v) is 11.7. The number of rotatable bonds is 5. The Bertz CT molecular complexity index is 1020. The summed E-state index contributed by atoms with van der Waals surface area (Å²) in [5, 5.41) is 13.4. The Morgan fingerprint density at radius 1 is 1.14 bits per heavy atom. The number of aliphatic hydroxyl groups is 1. The van der Waals surface area contributed by atoms with E-state index in [1.54, 1.807) is 21.3 Å². The highest BCUT2D eigenvalue weighted by molar-refractivity contribution is 5.67. The molecule has 5 aliphatic carbocycles. The molecule has 9 nitrogen and oxygen atoms in total. The molecule has 0 unspecified atom stereocenters. The van der Waals surface area contributed by atoms with E-state index >= 15 is 0 Å². The van der Waals surface area contributed by atoms with E-state index in [2.05, 4.69) is 30.9 Å². The largest absolute Gasteiger partial charge is 0.459 e. The lowest BCUT2D eigenvalue weighted by atomic mass is 9.42. The topological polar surface area (TPSA) is 95.9 Å². The Morgan fingerprint density at radius 3 is 2.56 bits per heavy atom. The molecule has 200 valence electrons. The number of methoxy groups -OCH3 is 3. The van der Waals surface area contributed by atoms with Crippen molar-refractivity contribution in [3.63, 3.8) is 0 Å². The second kappa shape index (κ2) is 7.11. The van der Waals surface area contributed by atoms with Crippen LogP contribution in [0.3, 0.4) is 0 Å². The zero-order valence-electron chi connectivity index (χ0n) is 22.1. The first kappa shape index (κ1) is 24.0. The van der Waals surface area contributed by atoms with Crippen LogP contribution in [0.15, 0.2) is 12.2 Å². The van der Waals surface area contributed by atoms with E-state index in [4.69, 9.17) is 28.4 Å². The molecule has 36 heavy (non-hydrogen) atoms. The van der Waals surface area contributed by atoms with Gasteiger partial charge in [0.15, 0.2) is 5.60 Å². The number of esters is 1. The van der Waals surface area contributed by atoms with Crippen molar-refractivity contribution in [2.75, 3.05) is 41.2 Å². The maximum Gasteiger partial charge on any atom is 0.303 e. The number of hydrogen-bond acceptors (Lipinski definition) is 9. The monoisotopic (exact) mass is 505 g/mol. The van der Waals surface area contributed by atoms with E-state index in [0.29, 0.717) is 12.8 Å². The van der Waals surface area contributed by atoms with Gasteiger partial charge in [0.05, 0.1) is 35.4 Å².